The highest BCUT2D eigenvalue weighted by atomic mass is 32.2. The Balaban J connectivity index is 1.71. The maximum atomic E-state index is 12.7. The molecule has 0 radical (unpaired) electrons. The molecule has 26 heavy (non-hydrogen) atoms. The third-order valence-corrected chi connectivity index (χ3v) is 5.92. The summed E-state index contributed by atoms with van der Waals surface area (Å²) in [6.07, 6.45) is -0.408. The Morgan fingerprint density at radius 3 is 2.46 bits per heavy atom. The van der Waals surface area contributed by atoms with Gasteiger partial charge in [0.15, 0.2) is 11.5 Å². The molecule has 2 aromatic carbocycles. The van der Waals surface area contributed by atoms with Gasteiger partial charge in [-0.2, -0.15) is 4.31 Å². The number of hydrogen-bond donors (Lipinski definition) is 1. The summed E-state index contributed by atoms with van der Waals surface area (Å²) in [5.41, 5.74) is 0.398. The number of ether oxygens (including phenoxy) is 2. The molecule has 1 amide bonds. The lowest BCUT2D eigenvalue weighted by Crippen LogP contribution is -2.41. The van der Waals surface area contributed by atoms with Crippen LogP contribution in [0.4, 0.5) is 0 Å². The zero-order valence-electron chi connectivity index (χ0n) is 14.5. The fourth-order valence-corrected chi connectivity index (χ4v) is 3.84. The maximum Gasteiger partial charge on any atom is 0.251 e. The molecule has 0 bridgehead atoms. The van der Waals surface area contributed by atoms with E-state index in [4.69, 9.17) is 9.47 Å². The van der Waals surface area contributed by atoms with Crippen LogP contribution in [-0.4, -0.2) is 52.0 Å². The normalized spacial score (nSPS) is 16.3. The van der Waals surface area contributed by atoms with Gasteiger partial charge in [-0.05, 0) is 36.4 Å². The topological polar surface area (TPSA) is 84.9 Å². The van der Waals surface area contributed by atoms with Crippen molar-refractivity contribution in [2.45, 2.75) is 11.0 Å². The lowest BCUT2D eigenvalue weighted by atomic mass is 10.2. The maximum absolute atomic E-state index is 12.7. The third-order valence-electron chi connectivity index (χ3n) is 4.08. The van der Waals surface area contributed by atoms with E-state index in [9.17, 15) is 13.2 Å². The van der Waals surface area contributed by atoms with Crippen LogP contribution in [0.25, 0.3) is 0 Å². The fraction of sp³-hybridized carbons (Fsp3) is 0.278. The molecule has 0 aromatic heterocycles. The minimum absolute atomic E-state index is 0.116. The first-order chi connectivity index (χ1) is 12.4. The highest BCUT2D eigenvalue weighted by Crippen LogP contribution is 2.31. The first-order valence-electron chi connectivity index (χ1n) is 8.09. The quantitative estimate of drug-likeness (QED) is 0.855. The molecule has 3 rings (SSSR count). The first-order valence-corrected chi connectivity index (χ1v) is 9.53. The summed E-state index contributed by atoms with van der Waals surface area (Å²) in [7, 11) is -0.688. The Bertz CT molecular complexity index is 896. The molecular formula is C18H20N2O5S. The summed E-state index contributed by atoms with van der Waals surface area (Å²) in [6, 6.07) is 13.1. The molecule has 138 valence electrons. The minimum Gasteiger partial charge on any atom is -0.486 e. The van der Waals surface area contributed by atoms with Crippen LogP contribution in [0, 0.1) is 0 Å². The van der Waals surface area contributed by atoms with Crippen molar-refractivity contribution in [2.24, 2.45) is 0 Å². The number of carbonyl (C=O) groups is 1. The Morgan fingerprint density at radius 2 is 1.81 bits per heavy atom. The highest BCUT2D eigenvalue weighted by Gasteiger charge is 2.28. The molecule has 7 nitrogen and oxygen atoms in total. The van der Waals surface area contributed by atoms with Gasteiger partial charge in [-0.3, -0.25) is 4.79 Å². The number of nitrogens with zero attached hydrogens (tertiary/aromatic N) is 1. The summed E-state index contributed by atoms with van der Waals surface area (Å²) < 4.78 is 38.1. The average Bonchev–Trinajstić information content (AvgIpc) is 2.67. The Morgan fingerprint density at radius 1 is 1.15 bits per heavy atom. The van der Waals surface area contributed by atoms with Crippen molar-refractivity contribution in [1.29, 1.82) is 0 Å². The van der Waals surface area contributed by atoms with Crippen molar-refractivity contribution < 1.29 is 22.7 Å². The van der Waals surface area contributed by atoms with E-state index in [1.54, 1.807) is 12.1 Å². The molecule has 2 aromatic rings. The molecule has 1 N–H and O–H groups in total. The van der Waals surface area contributed by atoms with Crippen molar-refractivity contribution in [3.63, 3.8) is 0 Å². The summed E-state index contributed by atoms with van der Waals surface area (Å²) in [5.74, 6) is 0.984. The van der Waals surface area contributed by atoms with Crippen LogP contribution in [0.15, 0.2) is 53.4 Å². The van der Waals surface area contributed by atoms with Gasteiger partial charge in [0, 0.05) is 19.7 Å². The van der Waals surface area contributed by atoms with E-state index in [-0.39, 0.29) is 24.0 Å². The number of sulfonamides is 1. The van der Waals surface area contributed by atoms with Gasteiger partial charge in [-0.25, -0.2) is 8.42 Å². The van der Waals surface area contributed by atoms with E-state index in [0.29, 0.717) is 17.1 Å². The summed E-state index contributed by atoms with van der Waals surface area (Å²) in [4.78, 5) is 11.7. The summed E-state index contributed by atoms with van der Waals surface area (Å²) in [5, 5.41) is 2.50. The predicted molar refractivity (Wildman–Crippen MR) is 96.0 cm³/mol. The van der Waals surface area contributed by atoms with Gasteiger partial charge in [0.1, 0.15) is 12.7 Å². The van der Waals surface area contributed by atoms with Gasteiger partial charge in [-0.15, -0.1) is 0 Å². The van der Waals surface area contributed by atoms with Crippen LogP contribution in [0.3, 0.4) is 0 Å². The predicted octanol–water partition coefficient (Wildman–Crippen LogP) is 1.51. The van der Waals surface area contributed by atoms with E-state index in [1.165, 1.54) is 42.7 Å². The van der Waals surface area contributed by atoms with Gasteiger partial charge in [0.2, 0.25) is 10.0 Å². The molecule has 0 aliphatic carbocycles. The Labute approximate surface area is 152 Å². The molecular weight excluding hydrogens is 356 g/mol. The molecule has 0 spiro atoms. The van der Waals surface area contributed by atoms with Crippen molar-refractivity contribution in [3.05, 3.63) is 54.1 Å². The highest BCUT2D eigenvalue weighted by molar-refractivity contribution is 7.89. The molecule has 1 atom stereocenters. The fourth-order valence-electron chi connectivity index (χ4n) is 2.64. The van der Waals surface area contributed by atoms with Crippen molar-refractivity contribution in [2.75, 3.05) is 27.2 Å². The molecule has 0 unspecified atom stereocenters. The van der Waals surface area contributed by atoms with Crippen LogP contribution in [0.2, 0.25) is 0 Å². The number of nitrogens with one attached hydrogen (secondary N) is 1. The Kier molecular flexibility index (Phi) is 5.15. The van der Waals surface area contributed by atoms with E-state index in [1.807, 2.05) is 12.1 Å². The number of benzene rings is 2. The average molecular weight is 376 g/mol. The lowest BCUT2D eigenvalue weighted by Gasteiger charge is -2.29. The standard InChI is InChI=1S/C18H20N2O5S/c1-19-18(21)13-7-9-15(10-8-13)26(22,23)20(2)11-14-12-24-16-5-3-4-6-17(16)25-14/h3-10,14H,11-12H2,1-2H3,(H,19,21)/t14-/m0/s1. The molecule has 0 fully saturated rings. The molecule has 0 saturated heterocycles. The van der Waals surface area contributed by atoms with Crippen LogP contribution >= 0.6 is 0 Å². The van der Waals surface area contributed by atoms with Gasteiger partial charge < -0.3 is 14.8 Å². The van der Waals surface area contributed by atoms with Crippen molar-refractivity contribution in [1.82, 2.24) is 9.62 Å². The number of hydrogen-bond acceptors (Lipinski definition) is 5. The van der Waals surface area contributed by atoms with Gasteiger partial charge in [-0.1, -0.05) is 12.1 Å². The van der Waals surface area contributed by atoms with E-state index >= 15 is 0 Å². The minimum atomic E-state index is -3.70. The van der Waals surface area contributed by atoms with Crippen molar-refractivity contribution >= 4 is 15.9 Å². The SMILES string of the molecule is CNC(=O)c1ccc(S(=O)(=O)N(C)C[C@H]2COc3ccccc3O2)cc1. The van der Waals surface area contributed by atoms with Crippen LogP contribution < -0.4 is 14.8 Å². The number of carbonyl (C=O) groups excluding carboxylic acids is 1. The van der Waals surface area contributed by atoms with E-state index in [0.717, 1.165) is 0 Å². The Hall–Kier alpha value is -2.58. The van der Waals surface area contributed by atoms with Gasteiger partial charge in [0.05, 0.1) is 11.4 Å². The third kappa shape index (κ3) is 3.66. The second-order valence-corrected chi connectivity index (χ2v) is 7.93. The number of amides is 1. The number of para-hydroxylation sites is 2. The van der Waals surface area contributed by atoms with Gasteiger partial charge in [0.25, 0.3) is 5.91 Å². The van der Waals surface area contributed by atoms with Crippen LogP contribution in [0.1, 0.15) is 10.4 Å². The number of rotatable bonds is 5. The van der Waals surface area contributed by atoms with Gasteiger partial charge >= 0.3 is 0 Å². The van der Waals surface area contributed by atoms with E-state index < -0.39 is 16.1 Å². The number of fused-ring (bicyclic) bond motifs is 1. The first kappa shape index (κ1) is 18.2. The monoisotopic (exact) mass is 376 g/mol. The largest absolute Gasteiger partial charge is 0.486 e. The van der Waals surface area contributed by atoms with Crippen molar-refractivity contribution in [3.8, 4) is 11.5 Å². The molecule has 8 heteroatoms. The molecule has 1 aliphatic heterocycles. The zero-order chi connectivity index (χ0) is 18.7. The summed E-state index contributed by atoms with van der Waals surface area (Å²) in [6.45, 7) is 0.417. The van der Waals surface area contributed by atoms with E-state index in [2.05, 4.69) is 5.32 Å². The second-order valence-electron chi connectivity index (χ2n) is 5.89. The van der Waals surface area contributed by atoms with Crippen LogP contribution in [-0.2, 0) is 10.0 Å². The second kappa shape index (κ2) is 7.35. The lowest BCUT2D eigenvalue weighted by molar-refractivity contribution is 0.0798. The van der Waals surface area contributed by atoms with Crippen LogP contribution in [0.5, 0.6) is 11.5 Å². The number of likely N-dealkylation sites (N-methyl/N-ethyl adjacent to an activating group) is 1. The summed E-state index contributed by atoms with van der Waals surface area (Å²) >= 11 is 0. The zero-order valence-corrected chi connectivity index (χ0v) is 15.3. The molecule has 0 saturated carbocycles. The molecule has 1 aliphatic rings. The smallest absolute Gasteiger partial charge is 0.251 e. The molecule has 1 heterocycles.